The molecule has 1 aromatic heterocycles. The van der Waals surface area contributed by atoms with Gasteiger partial charge in [0, 0.05) is 43.8 Å². The molecule has 2 aromatic rings. The molecule has 176 valence electrons. The number of hydrogen-bond acceptors (Lipinski definition) is 8. The van der Waals surface area contributed by atoms with E-state index in [2.05, 4.69) is 30.8 Å². The van der Waals surface area contributed by atoms with Crippen LogP contribution in [0.25, 0.3) is 10.8 Å². The Balaban J connectivity index is 1.35. The zero-order valence-corrected chi connectivity index (χ0v) is 19.0. The molecule has 0 radical (unpaired) electrons. The van der Waals surface area contributed by atoms with Crippen molar-refractivity contribution in [3.05, 3.63) is 34.2 Å². The summed E-state index contributed by atoms with van der Waals surface area (Å²) < 4.78 is 1.15. The summed E-state index contributed by atoms with van der Waals surface area (Å²) in [4.78, 5) is 41.9. The summed E-state index contributed by atoms with van der Waals surface area (Å²) in [5.41, 5.74) is 1.33. The SMILES string of the molecule is Cc1nn(C2NCC(=O)NC2=O)c(=O)c2cc(N3CCN(CC4CCNCC4)CC3)ccc12. The van der Waals surface area contributed by atoms with Gasteiger partial charge in [0.2, 0.25) is 5.91 Å². The van der Waals surface area contributed by atoms with E-state index in [4.69, 9.17) is 0 Å². The third-order valence-electron chi connectivity index (χ3n) is 7.01. The molecule has 3 N–H and O–H groups in total. The van der Waals surface area contributed by atoms with E-state index >= 15 is 0 Å². The van der Waals surface area contributed by atoms with Gasteiger partial charge in [-0.15, -0.1) is 0 Å². The lowest BCUT2D eigenvalue weighted by Gasteiger charge is -2.38. The minimum absolute atomic E-state index is 0.0384. The molecule has 1 atom stereocenters. The lowest BCUT2D eigenvalue weighted by molar-refractivity contribution is -0.136. The van der Waals surface area contributed by atoms with E-state index < -0.39 is 18.0 Å². The predicted octanol–water partition coefficient (Wildman–Crippen LogP) is -0.429. The van der Waals surface area contributed by atoms with Gasteiger partial charge in [0.1, 0.15) is 0 Å². The van der Waals surface area contributed by atoms with Gasteiger partial charge < -0.3 is 10.2 Å². The average molecular weight is 454 g/mol. The second kappa shape index (κ2) is 9.20. The van der Waals surface area contributed by atoms with Crippen molar-refractivity contribution < 1.29 is 9.59 Å². The summed E-state index contributed by atoms with van der Waals surface area (Å²) in [7, 11) is 0. The molecule has 0 saturated carbocycles. The first-order chi connectivity index (χ1) is 16.0. The third kappa shape index (κ3) is 4.50. The molecule has 10 nitrogen and oxygen atoms in total. The van der Waals surface area contributed by atoms with Crippen molar-refractivity contribution >= 4 is 28.3 Å². The fraction of sp³-hybridized carbons (Fsp3) is 0.565. The molecule has 3 aliphatic heterocycles. The van der Waals surface area contributed by atoms with Crippen LogP contribution < -0.4 is 26.4 Å². The topological polar surface area (TPSA) is 112 Å². The van der Waals surface area contributed by atoms with E-state index in [9.17, 15) is 14.4 Å². The number of benzene rings is 1. The number of nitrogens with zero attached hydrogens (tertiary/aromatic N) is 4. The van der Waals surface area contributed by atoms with Crippen molar-refractivity contribution in [2.75, 3.05) is 57.3 Å². The quantitative estimate of drug-likeness (QED) is 0.535. The molecule has 3 aliphatic rings. The number of carbonyl (C=O) groups is 2. The van der Waals surface area contributed by atoms with Crippen LogP contribution in [0.2, 0.25) is 0 Å². The van der Waals surface area contributed by atoms with Crippen LogP contribution in [0.15, 0.2) is 23.0 Å². The number of carbonyl (C=O) groups excluding carboxylic acids is 2. The fourth-order valence-electron chi connectivity index (χ4n) is 5.13. The number of piperidine rings is 1. The van der Waals surface area contributed by atoms with Crippen molar-refractivity contribution in [2.45, 2.75) is 25.9 Å². The number of hydrogen-bond donors (Lipinski definition) is 3. The monoisotopic (exact) mass is 453 g/mol. The van der Waals surface area contributed by atoms with Gasteiger partial charge in [-0.3, -0.25) is 29.9 Å². The number of anilines is 1. The highest BCUT2D eigenvalue weighted by Crippen LogP contribution is 2.24. The van der Waals surface area contributed by atoms with Gasteiger partial charge in [-0.25, -0.2) is 4.68 Å². The number of amides is 2. The van der Waals surface area contributed by atoms with Crippen LogP contribution in [-0.4, -0.2) is 78.9 Å². The summed E-state index contributed by atoms with van der Waals surface area (Å²) in [6, 6.07) is 5.91. The molecule has 2 amide bonds. The fourth-order valence-corrected chi connectivity index (χ4v) is 5.13. The Morgan fingerprint density at radius 1 is 1.03 bits per heavy atom. The first-order valence-corrected chi connectivity index (χ1v) is 11.8. The number of aromatic nitrogens is 2. The summed E-state index contributed by atoms with van der Waals surface area (Å²) in [5, 5.41) is 14.2. The van der Waals surface area contributed by atoms with E-state index in [1.165, 1.54) is 19.4 Å². The maximum absolute atomic E-state index is 13.3. The van der Waals surface area contributed by atoms with Crippen LogP contribution in [-0.2, 0) is 9.59 Å². The van der Waals surface area contributed by atoms with Crippen molar-refractivity contribution in [2.24, 2.45) is 5.92 Å². The lowest BCUT2D eigenvalue weighted by atomic mass is 9.97. The second-order valence-electron chi connectivity index (χ2n) is 9.24. The molecule has 5 rings (SSSR count). The highest BCUT2D eigenvalue weighted by Gasteiger charge is 2.30. The van der Waals surface area contributed by atoms with Gasteiger partial charge in [0.15, 0.2) is 6.17 Å². The molecule has 10 heteroatoms. The van der Waals surface area contributed by atoms with Crippen LogP contribution >= 0.6 is 0 Å². The number of piperazine rings is 2. The Labute approximate surface area is 192 Å². The second-order valence-corrected chi connectivity index (χ2v) is 9.24. The summed E-state index contributed by atoms with van der Waals surface area (Å²) >= 11 is 0. The average Bonchev–Trinajstić information content (AvgIpc) is 2.83. The molecular formula is C23H31N7O3. The van der Waals surface area contributed by atoms with Crippen LogP contribution in [0.1, 0.15) is 24.7 Å². The zero-order chi connectivity index (χ0) is 22.9. The number of nitrogens with one attached hydrogen (secondary N) is 3. The zero-order valence-electron chi connectivity index (χ0n) is 19.0. The van der Waals surface area contributed by atoms with Crippen LogP contribution in [0, 0.1) is 12.8 Å². The van der Waals surface area contributed by atoms with Crippen LogP contribution in [0.4, 0.5) is 5.69 Å². The van der Waals surface area contributed by atoms with Crippen molar-refractivity contribution in [3.8, 4) is 0 Å². The van der Waals surface area contributed by atoms with Gasteiger partial charge in [-0.1, -0.05) is 6.07 Å². The Kier molecular flexibility index (Phi) is 6.13. The number of fused-ring (bicyclic) bond motifs is 1. The smallest absolute Gasteiger partial charge is 0.276 e. The highest BCUT2D eigenvalue weighted by molar-refractivity contribution is 6.00. The minimum atomic E-state index is -1.000. The predicted molar refractivity (Wildman–Crippen MR) is 125 cm³/mol. The van der Waals surface area contributed by atoms with Crippen molar-refractivity contribution in [1.82, 2.24) is 30.6 Å². The highest BCUT2D eigenvalue weighted by atomic mass is 16.2. The number of rotatable bonds is 4. The number of imide groups is 1. The third-order valence-corrected chi connectivity index (χ3v) is 7.01. The minimum Gasteiger partial charge on any atom is -0.369 e. The molecule has 3 saturated heterocycles. The van der Waals surface area contributed by atoms with E-state index in [-0.39, 0.29) is 12.1 Å². The van der Waals surface area contributed by atoms with E-state index in [1.807, 2.05) is 25.1 Å². The van der Waals surface area contributed by atoms with Gasteiger partial charge in [-0.2, -0.15) is 5.10 Å². The molecule has 33 heavy (non-hydrogen) atoms. The molecule has 4 heterocycles. The van der Waals surface area contributed by atoms with Crippen LogP contribution in [0.3, 0.4) is 0 Å². The van der Waals surface area contributed by atoms with E-state index in [0.29, 0.717) is 11.1 Å². The Hall–Kier alpha value is -2.82. The molecule has 0 bridgehead atoms. The molecule has 1 aromatic carbocycles. The van der Waals surface area contributed by atoms with Crippen molar-refractivity contribution in [3.63, 3.8) is 0 Å². The molecule has 0 aliphatic carbocycles. The van der Waals surface area contributed by atoms with Gasteiger partial charge >= 0.3 is 0 Å². The molecular weight excluding hydrogens is 422 g/mol. The largest absolute Gasteiger partial charge is 0.369 e. The summed E-state index contributed by atoms with van der Waals surface area (Å²) in [6.07, 6.45) is 1.51. The first-order valence-electron chi connectivity index (χ1n) is 11.8. The van der Waals surface area contributed by atoms with Gasteiger partial charge in [0.25, 0.3) is 11.5 Å². The van der Waals surface area contributed by atoms with Gasteiger partial charge in [0.05, 0.1) is 17.6 Å². The standard InChI is InChI=1S/C23H31N7O3/c1-15-18-3-2-17(29-10-8-28(9-11-29)14-16-4-6-24-7-5-16)12-19(18)23(33)30(27-15)21-22(32)26-20(31)13-25-21/h2-3,12,16,21,24-25H,4-11,13-14H2,1H3,(H,26,31,32). The summed E-state index contributed by atoms with van der Waals surface area (Å²) in [5.74, 6) is -0.197. The van der Waals surface area contributed by atoms with E-state index in [1.54, 1.807) is 0 Å². The van der Waals surface area contributed by atoms with Crippen LogP contribution in [0.5, 0.6) is 0 Å². The summed E-state index contributed by atoms with van der Waals surface area (Å²) in [6.45, 7) is 9.08. The Morgan fingerprint density at radius 3 is 2.52 bits per heavy atom. The van der Waals surface area contributed by atoms with E-state index in [0.717, 1.165) is 60.9 Å². The molecule has 3 fully saturated rings. The van der Waals surface area contributed by atoms with Crippen molar-refractivity contribution in [1.29, 1.82) is 0 Å². The van der Waals surface area contributed by atoms with Gasteiger partial charge in [-0.05, 0) is 50.9 Å². The Morgan fingerprint density at radius 2 is 1.79 bits per heavy atom. The maximum atomic E-state index is 13.3. The lowest BCUT2D eigenvalue weighted by Crippen LogP contribution is -2.55. The first kappa shape index (κ1) is 22.0. The maximum Gasteiger partial charge on any atom is 0.276 e. The number of aryl methyl sites for hydroxylation is 1. The molecule has 1 unspecified atom stereocenters. The normalized spacial score (nSPS) is 23.2. The Bertz CT molecular complexity index is 1120. The molecule has 0 spiro atoms.